The molecule has 2 aromatic rings. The van der Waals surface area contributed by atoms with E-state index in [-0.39, 0.29) is 5.69 Å². The fourth-order valence-electron chi connectivity index (χ4n) is 1.81. The molecular weight excluding hydrogens is 301 g/mol. The first-order valence-corrected chi connectivity index (χ1v) is 6.42. The molecule has 0 unspecified atom stereocenters. The normalized spacial score (nSPS) is 11.0. The fraction of sp³-hybridized carbons (Fsp3) is 0.286. The first kappa shape index (κ1) is 15.9. The summed E-state index contributed by atoms with van der Waals surface area (Å²) in [7, 11) is 0. The Labute approximate surface area is 123 Å². The minimum Gasteiger partial charge on any atom is -0.458 e. The van der Waals surface area contributed by atoms with Gasteiger partial charge in [-0.1, -0.05) is 0 Å². The number of nitrogens with one attached hydrogen (secondary N) is 1. The summed E-state index contributed by atoms with van der Waals surface area (Å²) in [6.45, 7) is 2.68. The molecule has 1 aromatic carbocycles. The average Bonchev–Trinajstić information content (AvgIpc) is 2.80. The van der Waals surface area contributed by atoms with Crippen molar-refractivity contribution in [1.82, 2.24) is 9.78 Å². The topological polar surface area (TPSA) is 64.1 Å². The van der Waals surface area contributed by atoms with Crippen molar-refractivity contribution >= 4 is 5.97 Å². The van der Waals surface area contributed by atoms with E-state index in [1.165, 1.54) is 0 Å². The zero-order valence-corrected chi connectivity index (χ0v) is 11.8. The zero-order chi connectivity index (χ0) is 16.4. The van der Waals surface area contributed by atoms with Gasteiger partial charge in [0.1, 0.15) is 11.5 Å². The number of aromatic amines is 1. The highest BCUT2D eigenvalue weighted by atomic mass is 19.2. The van der Waals surface area contributed by atoms with Crippen molar-refractivity contribution < 1.29 is 22.7 Å². The lowest BCUT2D eigenvalue weighted by Crippen LogP contribution is -2.19. The number of ether oxygens (including phenoxy) is 1. The van der Waals surface area contributed by atoms with E-state index in [2.05, 4.69) is 5.10 Å². The Bertz CT molecular complexity index is 765. The number of rotatable bonds is 4. The van der Waals surface area contributed by atoms with Crippen molar-refractivity contribution in [3.05, 3.63) is 57.3 Å². The maximum absolute atomic E-state index is 13.6. The fourth-order valence-corrected chi connectivity index (χ4v) is 1.81. The Morgan fingerprint density at radius 3 is 2.55 bits per heavy atom. The average molecular weight is 314 g/mol. The van der Waals surface area contributed by atoms with Gasteiger partial charge in [0.05, 0.1) is 12.6 Å². The second-order valence-corrected chi connectivity index (χ2v) is 4.87. The highest BCUT2D eigenvalue weighted by molar-refractivity contribution is 5.87. The van der Waals surface area contributed by atoms with Crippen LogP contribution in [0.4, 0.5) is 13.2 Å². The molecule has 8 heteroatoms. The van der Waals surface area contributed by atoms with Crippen LogP contribution in [0.1, 0.15) is 29.9 Å². The molecule has 0 saturated heterocycles. The van der Waals surface area contributed by atoms with Crippen LogP contribution in [0, 0.1) is 17.5 Å². The van der Waals surface area contributed by atoms with Crippen molar-refractivity contribution in [2.75, 3.05) is 0 Å². The zero-order valence-electron chi connectivity index (χ0n) is 11.8. The Balaban J connectivity index is 2.32. The van der Waals surface area contributed by atoms with Crippen LogP contribution in [0.2, 0.25) is 0 Å². The van der Waals surface area contributed by atoms with Gasteiger partial charge in [-0.2, -0.15) is 0 Å². The Hall–Kier alpha value is -2.51. The van der Waals surface area contributed by atoms with Crippen LogP contribution in [0.25, 0.3) is 0 Å². The number of hydrogen-bond acceptors (Lipinski definition) is 3. The van der Waals surface area contributed by atoms with E-state index >= 15 is 0 Å². The second-order valence-electron chi connectivity index (χ2n) is 4.87. The number of benzene rings is 1. The molecule has 0 aliphatic rings. The van der Waals surface area contributed by atoms with Gasteiger partial charge in [-0.15, -0.1) is 0 Å². The Morgan fingerprint density at radius 2 is 1.91 bits per heavy atom. The van der Waals surface area contributed by atoms with Gasteiger partial charge in [-0.05, 0) is 26.0 Å². The quantitative estimate of drug-likeness (QED) is 0.695. The van der Waals surface area contributed by atoms with Crippen molar-refractivity contribution in [3.8, 4) is 0 Å². The van der Waals surface area contributed by atoms with Crippen molar-refractivity contribution in [1.29, 1.82) is 0 Å². The third-order valence-electron chi connectivity index (χ3n) is 2.81. The van der Waals surface area contributed by atoms with Crippen LogP contribution < -0.4 is 5.56 Å². The number of esters is 1. The number of carbonyl (C=O) groups excluding carboxylic acids is 1. The monoisotopic (exact) mass is 314 g/mol. The lowest BCUT2D eigenvalue weighted by Gasteiger charge is -2.07. The standard InChI is InChI=1S/C14H13F3N2O3/c1-7(2)22-14(21)11-5-12(20)19(18-11)6-8-9(15)3-4-10(16)13(8)17/h3-5,7,18H,6H2,1-2H3. The molecule has 0 atom stereocenters. The van der Waals surface area contributed by atoms with Gasteiger partial charge in [-0.3, -0.25) is 9.89 Å². The number of carbonyl (C=O) groups is 1. The molecule has 0 fully saturated rings. The van der Waals surface area contributed by atoms with Gasteiger partial charge in [0.15, 0.2) is 11.6 Å². The molecule has 22 heavy (non-hydrogen) atoms. The predicted molar refractivity (Wildman–Crippen MR) is 71.0 cm³/mol. The number of nitrogens with zero attached hydrogens (tertiary/aromatic N) is 1. The van der Waals surface area contributed by atoms with E-state index < -0.39 is 47.2 Å². The third-order valence-corrected chi connectivity index (χ3v) is 2.81. The van der Waals surface area contributed by atoms with Gasteiger partial charge >= 0.3 is 5.97 Å². The first-order valence-electron chi connectivity index (χ1n) is 6.42. The van der Waals surface area contributed by atoms with Gasteiger partial charge in [0.25, 0.3) is 5.56 Å². The molecule has 0 bridgehead atoms. The van der Waals surface area contributed by atoms with Crippen molar-refractivity contribution in [3.63, 3.8) is 0 Å². The summed E-state index contributed by atoms with van der Waals surface area (Å²) in [4.78, 5) is 23.4. The third kappa shape index (κ3) is 3.21. The Kier molecular flexibility index (Phi) is 4.39. The second kappa shape index (κ2) is 6.08. The van der Waals surface area contributed by atoms with Crippen molar-refractivity contribution in [2.45, 2.75) is 26.5 Å². The summed E-state index contributed by atoms with van der Waals surface area (Å²) >= 11 is 0. The Morgan fingerprint density at radius 1 is 1.27 bits per heavy atom. The maximum Gasteiger partial charge on any atom is 0.356 e. The summed E-state index contributed by atoms with van der Waals surface area (Å²) in [5.41, 5.74) is -1.47. The van der Waals surface area contributed by atoms with Crippen LogP contribution >= 0.6 is 0 Å². The number of H-pyrrole nitrogens is 1. The summed E-state index contributed by atoms with van der Waals surface area (Å²) < 4.78 is 45.9. The largest absolute Gasteiger partial charge is 0.458 e. The van der Waals surface area contributed by atoms with Gasteiger partial charge in [-0.25, -0.2) is 22.6 Å². The molecule has 1 N–H and O–H groups in total. The number of aromatic nitrogens is 2. The summed E-state index contributed by atoms with van der Waals surface area (Å²) in [6.07, 6.45) is -0.391. The number of halogens is 3. The summed E-state index contributed by atoms with van der Waals surface area (Å²) in [5, 5.41) is 2.38. The molecule has 2 rings (SSSR count). The SMILES string of the molecule is CC(C)OC(=O)c1cc(=O)n(Cc2c(F)ccc(F)c2F)[nH]1. The van der Waals surface area contributed by atoms with Crippen LogP contribution in [0.5, 0.6) is 0 Å². The van der Waals surface area contributed by atoms with E-state index in [1.807, 2.05) is 0 Å². The molecule has 1 heterocycles. The smallest absolute Gasteiger partial charge is 0.356 e. The lowest BCUT2D eigenvalue weighted by atomic mass is 10.2. The van der Waals surface area contributed by atoms with E-state index in [0.717, 1.165) is 16.8 Å². The molecule has 1 aromatic heterocycles. The molecule has 118 valence electrons. The van der Waals surface area contributed by atoms with E-state index in [9.17, 15) is 22.8 Å². The molecule has 0 aliphatic carbocycles. The summed E-state index contributed by atoms with van der Waals surface area (Å²) in [6, 6.07) is 2.35. The van der Waals surface area contributed by atoms with Gasteiger partial charge < -0.3 is 4.74 Å². The van der Waals surface area contributed by atoms with E-state index in [0.29, 0.717) is 6.07 Å². The first-order chi connectivity index (χ1) is 10.3. The minimum atomic E-state index is -1.38. The summed E-state index contributed by atoms with van der Waals surface area (Å²) in [5.74, 6) is -4.37. The van der Waals surface area contributed by atoms with Gasteiger partial charge in [0, 0.05) is 11.6 Å². The molecule has 0 aliphatic heterocycles. The minimum absolute atomic E-state index is 0.157. The highest BCUT2D eigenvalue weighted by Gasteiger charge is 2.18. The van der Waals surface area contributed by atoms with Crippen LogP contribution in [0.15, 0.2) is 23.0 Å². The van der Waals surface area contributed by atoms with Crippen LogP contribution in [0.3, 0.4) is 0 Å². The highest BCUT2D eigenvalue weighted by Crippen LogP contribution is 2.16. The molecule has 0 amide bonds. The lowest BCUT2D eigenvalue weighted by molar-refractivity contribution is 0.0370. The predicted octanol–water partition coefficient (Wildman–Crippen LogP) is 2.21. The molecule has 0 radical (unpaired) electrons. The van der Waals surface area contributed by atoms with Gasteiger partial charge in [0.2, 0.25) is 0 Å². The molecular formula is C14H13F3N2O3. The maximum atomic E-state index is 13.6. The van der Waals surface area contributed by atoms with Crippen LogP contribution in [-0.4, -0.2) is 21.9 Å². The molecule has 0 saturated carbocycles. The number of hydrogen-bond donors (Lipinski definition) is 1. The molecule has 0 spiro atoms. The van der Waals surface area contributed by atoms with Crippen molar-refractivity contribution in [2.24, 2.45) is 0 Å². The van der Waals surface area contributed by atoms with E-state index in [1.54, 1.807) is 13.8 Å². The molecule has 5 nitrogen and oxygen atoms in total. The van der Waals surface area contributed by atoms with E-state index in [4.69, 9.17) is 4.74 Å². The van der Waals surface area contributed by atoms with Crippen LogP contribution in [-0.2, 0) is 11.3 Å².